The molecule has 0 saturated carbocycles. The van der Waals surface area contributed by atoms with Gasteiger partial charge in [0.05, 0.1) is 6.54 Å². The van der Waals surface area contributed by atoms with Crippen LogP contribution in [0, 0.1) is 11.7 Å². The van der Waals surface area contributed by atoms with Gasteiger partial charge in [0.2, 0.25) is 0 Å². The molecule has 6 heteroatoms. The minimum absolute atomic E-state index is 0. The van der Waals surface area contributed by atoms with Crippen molar-refractivity contribution < 1.29 is 4.39 Å². The number of rotatable bonds is 4. The van der Waals surface area contributed by atoms with Gasteiger partial charge in [-0.15, -0.1) is 24.0 Å². The summed E-state index contributed by atoms with van der Waals surface area (Å²) in [6.07, 6.45) is 2.33. The van der Waals surface area contributed by atoms with Crippen LogP contribution >= 0.6 is 24.0 Å². The molecular formula is C17H28FIN4. The Morgan fingerprint density at radius 2 is 2.00 bits per heavy atom. The van der Waals surface area contributed by atoms with Crippen LogP contribution in [0.25, 0.3) is 0 Å². The summed E-state index contributed by atoms with van der Waals surface area (Å²) in [6, 6.07) is 5.18. The fraction of sp³-hybridized carbons (Fsp3) is 0.588. The van der Waals surface area contributed by atoms with Crippen LogP contribution in [-0.2, 0) is 13.1 Å². The zero-order chi connectivity index (χ0) is 16.1. The van der Waals surface area contributed by atoms with Gasteiger partial charge in [0, 0.05) is 25.2 Å². The quantitative estimate of drug-likeness (QED) is 0.450. The molecular weight excluding hydrogens is 406 g/mol. The Bertz CT molecular complexity index is 525. The second kappa shape index (κ2) is 9.42. The van der Waals surface area contributed by atoms with Gasteiger partial charge in [-0.25, -0.2) is 9.38 Å². The van der Waals surface area contributed by atoms with Crippen molar-refractivity contribution in [2.45, 2.75) is 32.9 Å². The topological polar surface area (TPSA) is 44.9 Å². The highest BCUT2D eigenvalue weighted by Crippen LogP contribution is 2.16. The second-order valence-corrected chi connectivity index (χ2v) is 6.51. The molecule has 0 spiro atoms. The van der Waals surface area contributed by atoms with E-state index in [0.29, 0.717) is 24.6 Å². The van der Waals surface area contributed by atoms with Gasteiger partial charge in [-0.3, -0.25) is 0 Å². The van der Waals surface area contributed by atoms with E-state index in [1.54, 1.807) is 6.07 Å². The molecule has 1 aromatic rings. The van der Waals surface area contributed by atoms with Crippen molar-refractivity contribution in [1.82, 2.24) is 9.80 Å². The molecule has 0 radical (unpaired) electrons. The highest BCUT2D eigenvalue weighted by Gasteiger charge is 2.16. The average molecular weight is 434 g/mol. The summed E-state index contributed by atoms with van der Waals surface area (Å²) in [5.74, 6) is 1.21. The lowest BCUT2D eigenvalue weighted by Gasteiger charge is -2.31. The number of piperidine rings is 1. The molecule has 4 nitrogen and oxygen atoms in total. The van der Waals surface area contributed by atoms with Crippen molar-refractivity contribution in [3.05, 3.63) is 35.1 Å². The molecule has 23 heavy (non-hydrogen) atoms. The summed E-state index contributed by atoms with van der Waals surface area (Å²) in [6.45, 7) is 5.31. The van der Waals surface area contributed by atoms with Gasteiger partial charge in [-0.2, -0.15) is 0 Å². The Labute approximate surface area is 156 Å². The first-order valence-electron chi connectivity index (χ1n) is 7.92. The Kier molecular flexibility index (Phi) is 8.25. The number of hydrogen-bond acceptors (Lipinski definition) is 2. The summed E-state index contributed by atoms with van der Waals surface area (Å²) >= 11 is 0. The number of aliphatic imine (C=N–C) groups is 1. The van der Waals surface area contributed by atoms with E-state index >= 15 is 0 Å². The maximum Gasteiger partial charge on any atom is 0.191 e. The summed E-state index contributed by atoms with van der Waals surface area (Å²) in [4.78, 5) is 8.57. The molecule has 0 aliphatic carbocycles. The number of nitrogens with zero attached hydrogens (tertiary/aromatic N) is 3. The Hall–Kier alpha value is -0.890. The summed E-state index contributed by atoms with van der Waals surface area (Å²) in [5.41, 5.74) is 7.77. The fourth-order valence-corrected chi connectivity index (χ4v) is 2.70. The molecule has 0 unspecified atom stereocenters. The van der Waals surface area contributed by atoms with Crippen LogP contribution in [0.4, 0.5) is 4.39 Å². The van der Waals surface area contributed by atoms with E-state index in [4.69, 9.17) is 5.73 Å². The number of guanidine groups is 1. The zero-order valence-corrected chi connectivity index (χ0v) is 16.6. The van der Waals surface area contributed by atoms with Gasteiger partial charge in [0.15, 0.2) is 5.96 Å². The van der Waals surface area contributed by atoms with E-state index in [1.165, 1.54) is 18.9 Å². The normalized spacial score (nSPS) is 16.6. The molecule has 0 amide bonds. The van der Waals surface area contributed by atoms with Crippen molar-refractivity contribution in [2.75, 3.05) is 27.2 Å². The molecule has 2 rings (SSSR count). The second-order valence-electron chi connectivity index (χ2n) is 6.51. The summed E-state index contributed by atoms with van der Waals surface area (Å²) in [7, 11) is 3.86. The zero-order valence-electron chi connectivity index (χ0n) is 14.3. The molecule has 0 bridgehead atoms. The maximum absolute atomic E-state index is 13.8. The molecule has 1 saturated heterocycles. The number of likely N-dealkylation sites (tertiary alicyclic amines) is 1. The van der Waals surface area contributed by atoms with Crippen molar-refractivity contribution in [1.29, 1.82) is 0 Å². The van der Waals surface area contributed by atoms with Crippen LogP contribution in [0.2, 0.25) is 0 Å². The lowest BCUT2D eigenvalue weighted by atomic mass is 10.00. The van der Waals surface area contributed by atoms with Gasteiger partial charge in [0.1, 0.15) is 5.82 Å². The first kappa shape index (κ1) is 20.2. The number of hydrogen-bond donors (Lipinski definition) is 1. The van der Waals surface area contributed by atoms with Gasteiger partial charge in [-0.1, -0.05) is 13.0 Å². The number of halogens is 2. The molecule has 0 atom stereocenters. The predicted molar refractivity (Wildman–Crippen MR) is 105 cm³/mol. The third-order valence-corrected chi connectivity index (χ3v) is 4.13. The van der Waals surface area contributed by atoms with Crippen LogP contribution in [0.3, 0.4) is 0 Å². The van der Waals surface area contributed by atoms with Crippen LogP contribution in [0.1, 0.15) is 30.9 Å². The fourth-order valence-electron chi connectivity index (χ4n) is 2.70. The van der Waals surface area contributed by atoms with Crippen LogP contribution in [0.15, 0.2) is 23.2 Å². The van der Waals surface area contributed by atoms with E-state index in [0.717, 1.165) is 24.6 Å². The predicted octanol–water partition coefficient (Wildman–Crippen LogP) is 3.05. The molecule has 2 N–H and O–H groups in total. The smallest absolute Gasteiger partial charge is 0.191 e. The minimum Gasteiger partial charge on any atom is -0.370 e. The first-order valence-corrected chi connectivity index (χ1v) is 7.92. The lowest BCUT2D eigenvalue weighted by Crippen LogP contribution is -2.42. The lowest BCUT2D eigenvalue weighted by molar-refractivity contribution is 0.277. The standard InChI is InChI=1S/C17H27FN4.HI/c1-13-6-8-22(9-7-13)17(19)20-11-14-4-5-16(18)15(10-14)12-21(2)3;/h4-5,10,13H,6-9,11-12H2,1-3H3,(H2,19,20);1H. The molecule has 1 heterocycles. The Morgan fingerprint density at radius 3 is 2.61 bits per heavy atom. The number of nitrogens with two attached hydrogens (primary N) is 1. The van der Waals surface area contributed by atoms with Gasteiger partial charge in [0.25, 0.3) is 0 Å². The van der Waals surface area contributed by atoms with Crippen molar-refractivity contribution in [3.8, 4) is 0 Å². The van der Waals surface area contributed by atoms with Gasteiger partial charge in [-0.05, 0) is 50.6 Å². The molecule has 0 aromatic heterocycles. The first-order chi connectivity index (χ1) is 10.5. The van der Waals surface area contributed by atoms with E-state index in [-0.39, 0.29) is 29.8 Å². The van der Waals surface area contributed by atoms with E-state index in [9.17, 15) is 4.39 Å². The molecule has 1 aliphatic heterocycles. The average Bonchev–Trinajstić information content (AvgIpc) is 2.48. The van der Waals surface area contributed by atoms with Crippen LogP contribution < -0.4 is 5.73 Å². The monoisotopic (exact) mass is 434 g/mol. The van der Waals surface area contributed by atoms with E-state index in [1.807, 2.05) is 25.1 Å². The maximum atomic E-state index is 13.8. The SMILES string of the molecule is CC1CCN(C(N)=NCc2ccc(F)c(CN(C)C)c2)CC1.I. The third-order valence-electron chi connectivity index (χ3n) is 4.13. The summed E-state index contributed by atoms with van der Waals surface area (Å²) < 4.78 is 13.8. The number of benzene rings is 1. The highest BCUT2D eigenvalue weighted by atomic mass is 127. The van der Waals surface area contributed by atoms with Crippen LogP contribution in [-0.4, -0.2) is 42.9 Å². The van der Waals surface area contributed by atoms with Crippen molar-refractivity contribution in [2.24, 2.45) is 16.6 Å². The van der Waals surface area contributed by atoms with Gasteiger partial charge < -0.3 is 15.5 Å². The van der Waals surface area contributed by atoms with E-state index < -0.39 is 0 Å². The summed E-state index contributed by atoms with van der Waals surface area (Å²) in [5, 5.41) is 0. The minimum atomic E-state index is -0.167. The molecule has 1 aliphatic rings. The molecule has 1 aromatic carbocycles. The molecule has 130 valence electrons. The van der Waals surface area contributed by atoms with Gasteiger partial charge >= 0.3 is 0 Å². The highest BCUT2D eigenvalue weighted by molar-refractivity contribution is 14.0. The molecule has 1 fully saturated rings. The van der Waals surface area contributed by atoms with E-state index in [2.05, 4.69) is 16.8 Å². The van der Waals surface area contributed by atoms with Crippen LogP contribution in [0.5, 0.6) is 0 Å². The van der Waals surface area contributed by atoms with Crippen molar-refractivity contribution in [3.63, 3.8) is 0 Å². The Morgan fingerprint density at radius 1 is 1.35 bits per heavy atom. The Balaban J connectivity index is 0.00000264. The largest absolute Gasteiger partial charge is 0.370 e. The van der Waals surface area contributed by atoms with Crippen molar-refractivity contribution >= 4 is 29.9 Å². The third kappa shape index (κ3) is 6.25.